The second kappa shape index (κ2) is 11.6. The first-order valence-corrected chi connectivity index (χ1v) is 14.5. The van der Waals surface area contributed by atoms with Gasteiger partial charge >= 0.3 is 0 Å². The lowest BCUT2D eigenvalue weighted by atomic mass is 9.70. The van der Waals surface area contributed by atoms with Gasteiger partial charge in [0.25, 0.3) is 0 Å². The summed E-state index contributed by atoms with van der Waals surface area (Å²) < 4.78 is 6.49. The summed E-state index contributed by atoms with van der Waals surface area (Å²) in [5.74, 6) is -2.35. The molecule has 3 fully saturated rings. The van der Waals surface area contributed by atoms with E-state index < -0.39 is 35.6 Å². The van der Waals surface area contributed by atoms with E-state index in [2.05, 4.69) is 29.4 Å². The number of hydrogen-bond acceptors (Lipinski definition) is 6. The average molecular weight is 549 g/mol. The van der Waals surface area contributed by atoms with Crippen molar-refractivity contribution in [2.45, 2.75) is 70.4 Å². The Kier molecular flexibility index (Phi) is 8.14. The van der Waals surface area contributed by atoms with Crippen molar-refractivity contribution >= 4 is 29.1 Å². The smallest absolute Gasteiger partial charge is 0.250 e. The number of anilines is 2. The number of hydrogen-bond donors (Lipinski definition) is 3. The van der Waals surface area contributed by atoms with Gasteiger partial charge in [-0.3, -0.25) is 14.4 Å². The van der Waals surface area contributed by atoms with Crippen molar-refractivity contribution in [2.75, 3.05) is 29.9 Å². The van der Waals surface area contributed by atoms with Crippen LogP contribution in [0.25, 0.3) is 0 Å². The molecule has 214 valence electrons. The van der Waals surface area contributed by atoms with Gasteiger partial charge in [-0.05, 0) is 62.9 Å². The summed E-state index contributed by atoms with van der Waals surface area (Å²) in [6, 6.07) is 15.8. The summed E-state index contributed by atoms with van der Waals surface area (Å²) in [6.07, 6.45) is 1.15. The fraction of sp³-hybridized carbons (Fsp3) is 0.516. The number of ether oxygens (including phenoxy) is 1. The van der Waals surface area contributed by atoms with E-state index >= 15 is 0 Å². The van der Waals surface area contributed by atoms with E-state index in [4.69, 9.17) is 4.74 Å². The Morgan fingerprint density at radius 2 is 1.77 bits per heavy atom. The van der Waals surface area contributed by atoms with Crippen molar-refractivity contribution in [1.29, 1.82) is 0 Å². The summed E-state index contributed by atoms with van der Waals surface area (Å²) in [5, 5.41) is 16.2. The van der Waals surface area contributed by atoms with E-state index in [0.29, 0.717) is 31.5 Å². The Hall–Kier alpha value is -3.43. The van der Waals surface area contributed by atoms with Crippen LogP contribution in [0.3, 0.4) is 0 Å². The van der Waals surface area contributed by atoms with Crippen LogP contribution in [0.1, 0.15) is 45.6 Å². The van der Waals surface area contributed by atoms with Crippen molar-refractivity contribution in [3.05, 3.63) is 60.2 Å². The number of amides is 3. The molecule has 2 bridgehead atoms. The minimum atomic E-state index is -1.11. The second-order valence-electron chi connectivity index (χ2n) is 11.0. The van der Waals surface area contributed by atoms with E-state index in [9.17, 15) is 19.5 Å². The van der Waals surface area contributed by atoms with Crippen molar-refractivity contribution in [3.63, 3.8) is 0 Å². The monoisotopic (exact) mass is 548 g/mol. The Balaban J connectivity index is 1.41. The Labute approximate surface area is 235 Å². The second-order valence-corrected chi connectivity index (χ2v) is 11.0. The van der Waals surface area contributed by atoms with Gasteiger partial charge in [0.15, 0.2) is 0 Å². The predicted molar refractivity (Wildman–Crippen MR) is 153 cm³/mol. The zero-order valence-electron chi connectivity index (χ0n) is 23.5. The number of nitrogens with one attached hydrogen (secondary N) is 2. The lowest BCUT2D eigenvalue weighted by molar-refractivity contribution is -0.144. The topological polar surface area (TPSA) is 111 Å². The molecule has 3 N–H and O–H groups in total. The number of carbonyl (C=O) groups excluding carboxylic acids is 3. The Bertz CT molecular complexity index is 1210. The average Bonchev–Trinajstić information content (AvgIpc) is 3.62. The molecule has 2 aromatic rings. The minimum Gasteiger partial charge on any atom is -0.394 e. The van der Waals surface area contributed by atoms with E-state index in [1.54, 1.807) is 0 Å². The number of carbonyl (C=O) groups is 3. The molecule has 1 spiro atoms. The zero-order chi connectivity index (χ0) is 28.4. The highest BCUT2D eigenvalue weighted by Crippen LogP contribution is 2.59. The van der Waals surface area contributed by atoms with Crippen LogP contribution < -0.4 is 15.5 Å². The van der Waals surface area contributed by atoms with Crippen LogP contribution in [-0.4, -0.2) is 71.2 Å². The Morgan fingerprint density at radius 3 is 2.40 bits per heavy atom. The number of aliphatic hydroxyl groups excluding tert-OH is 1. The number of aliphatic hydroxyl groups is 1. The summed E-state index contributed by atoms with van der Waals surface area (Å²) in [5.41, 5.74) is 1.54. The third kappa shape index (κ3) is 4.75. The molecular formula is C31H40N4O5. The van der Waals surface area contributed by atoms with Gasteiger partial charge in [-0.1, -0.05) is 37.3 Å². The molecule has 2 aromatic carbocycles. The summed E-state index contributed by atoms with van der Waals surface area (Å²) >= 11 is 0. The highest BCUT2D eigenvalue weighted by molar-refractivity contribution is 6.03. The highest BCUT2D eigenvalue weighted by Gasteiger charge is 2.75. The van der Waals surface area contributed by atoms with E-state index in [-0.39, 0.29) is 24.3 Å². The van der Waals surface area contributed by atoms with Crippen LogP contribution >= 0.6 is 0 Å². The highest BCUT2D eigenvalue weighted by atomic mass is 16.5. The van der Waals surface area contributed by atoms with Crippen LogP contribution in [0.2, 0.25) is 0 Å². The van der Waals surface area contributed by atoms with Crippen molar-refractivity contribution in [3.8, 4) is 0 Å². The van der Waals surface area contributed by atoms with Crippen molar-refractivity contribution < 1.29 is 24.2 Å². The third-order valence-corrected chi connectivity index (χ3v) is 8.94. The molecule has 6 atom stereocenters. The predicted octanol–water partition coefficient (Wildman–Crippen LogP) is 2.93. The first-order chi connectivity index (χ1) is 19.4. The van der Waals surface area contributed by atoms with Gasteiger partial charge in [0, 0.05) is 31.0 Å². The van der Waals surface area contributed by atoms with Crippen LogP contribution in [0, 0.1) is 11.8 Å². The number of fused-ring (bicyclic) bond motifs is 1. The van der Waals surface area contributed by atoms with Crippen LogP contribution in [-0.2, 0) is 25.7 Å². The van der Waals surface area contributed by atoms with Gasteiger partial charge in [0.05, 0.1) is 30.6 Å². The molecule has 0 aliphatic carbocycles. The minimum absolute atomic E-state index is 0.237. The van der Waals surface area contributed by atoms with Crippen LogP contribution in [0.15, 0.2) is 54.6 Å². The molecule has 3 amide bonds. The van der Waals surface area contributed by atoms with E-state index in [0.717, 1.165) is 24.3 Å². The Morgan fingerprint density at radius 1 is 1.07 bits per heavy atom. The van der Waals surface area contributed by atoms with Crippen LogP contribution in [0.4, 0.5) is 11.4 Å². The molecule has 3 heterocycles. The number of rotatable bonds is 11. The largest absolute Gasteiger partial charge is 0.394 e. The number of benzene rings is 2. The quantitative estimate of drug-likeness (QED) is 0.398. The fourth-order valence-electron chi connectivity index (χ4n) is 6.96. The molecule has 5 rings (SSSR count). The molecule has 9 nitrogen and oxygen atoms in total. The fourth-order valence-corrected chi connectivity index (χ4v) is 6.96. The number of likely N-dealkylation sites (tertiary alicyclic amines) is 1. The molecule has 0 aromatic heterocycles. The van der Waals surface area contributed by atoms with E-state index in [1.807, 2.05) is 61.5 Å². The van der Waals surface area contributed by atoms with Crippen LogP contribution in [0.5, 0.6) is 0 Å². The first kappa shape index (κ1) is 28.1. The summed E-state index contributed by atoms with van der Waals surface area (Å²) in [4.78, 5) is 45.2. The lowest BCUT2D eigenvalue weighted by Gasteiger charge is -2.36. The molecule has 2 unspecified atom stereocenters. The third-order valence-electron chi connectivity index (χ3n) is 8.94. The molecule has 0 radical (unpaired) electrons. The van der Waals surface area contributed by atoms with Gasteiger partial charge in [0.1, 0.15) is 11.6 Å². The van der Waals surface area contributed by atoms with Crippen molar-refractivity contribution in [2.24, 2.45) is 11.8 Å². The maximum absolute atomic E-state index is 14.0. The maximum Gasteiger partial charge on any atom is 0.250 e. The summed E-state index contributed by atoms with van der Waals surface area (Å²) in [7, 11) is 0. The molecule has 3 saturated heterocycles. The van der Waals surface area contributed by atoms with Gasteiger partial charge in [-0.25, -0.2) is 0 Å². The molecule has 3 aliphatic rings. The maximum atomic E-state index is 14.0. The first-order valence-electron chi connectivity index (χ1n) is 14.5. The van der Waals surface area contributed by atoms with Crippen molar-refractivity contribution in [1.82, 2.24) is 10.2 Å². The zero-order valence-corrected chi connectivity index (χ0v) is 23.5. The van der Waals surface area contributed by atoms with Gasteiger partial charge in [-0.15, -0.1) is 0 Å². The van der Waals surface area contributed by atoms with E-state index in [1.165, 1.54) is 4.90 Å². The van der Waals surface area contributed by atoms with Gasteiger partial charge in [0.2, 0.25) is 17.7 Å². The normalized spacial score (nSPS) is 27.4. The van der Waals surface area contributed by atoms with Gasteiger partial charge < -0.3 is 30.3 Å². The molecule has 3 aliphatic heterocycles. The number of nitrogens with zero attached hydrogens (tertiary/aromatic N) is 2. The lowest BCUT2D eigenvalue weighted by Crippen LogP contribution is -2.56. The standard InChI is InChI=1S/C31H40N4O5/c1-4-22(19-36)35-27(29(38)33-21-12-14-23(15-13-21)34(5-2)6-3)31-17-16-24(40-31)25(26(31)30(35)39)28(37)32-18-20-10-8-7-9-11-20/h7-15,22,24-27,36H,4-6,16-19H2,1-3H3,(H,32,37)(H,33,38)/t22-,24-,25+,26-,27?,31?/m0/s1. The SMILES string of the molecule is CC[C@@H](CO)N1C(=O)[C@@H]2[C@H](C(=O)NCc3ccccc3)[C@@H]3CCC2(O3)C1C(=O)Nc1ccc(N(CC)CC)cc1. The molecule has 9 heteroatoms. The summed E-state index contributed by atoms with van der Waals surface area (Å²) in [6.45, 7) is 7.90. The molecule has 40 heavy (non-hydrogen) atoms. The molecule has 0 saturated carbocycles. The van der Waals surface area contributed by atoms with Gasteiger partial charge in [-0.2, -0.15) is 0 Å². The molecular weight excluding hydrogens is 508 g/mol.